The summed E-state index contributed by atoms with van der Waals surface area (Å²) in [5.41, 5.74) is 6.91. The Hall–Kier alpha value is -0.930. The van der Waals surface area contributed by atoms with E-state index in [1.807, 2.05) is 6.07 Å². The summed E-state index contributed by atoms with van der Waals surface area (Å²) in [6.45, 7) is 4.77. The molecule has 0 amide bonds. The van der Waals surface area contributed by atoms with Crippen LogP contribution < -0.4 is 5.73 Å². The first-order chi connectivity index (χ1) is 7.13. The maximum atomic E-state index is 13.2. The van der Waals surface area contributed by atoms with Crippen LogP contribution in [0.15, 0.2) is 18.2 Å². The van der Waals surface area contributed by atoms with Gasteiger partial charge in [-0.05, 0) is 35.1 Å². The second-order valence-electron chi connectivity index (χ2n) is 3.94. The summed E-state index contributed by atoms with van der Waals surface area (Å²) in [6.07, 6.45) is 0. The van der Waals surface area contributed by atoms with Gasteiger partial charge in [0.05, 0.1) is 0 Å². The molecule has 0 aliphatic carbocycles. The van der Waals surface area contributed by atoms with Gasteiger partial charge in [0, 0.05) is 16.1 Å². The Morgan fingerprint density at radius 1 is 1.40 bits per heavy atom. The highest BCUT2D eigenvalue weighted by atomic mass is 32.1. The molecular formula is C12H14FNS. The standard InChI is InChI=1S/C12H14FNS/c1-7(2)12-9-5-8(13)3-4-10(9)15-11(12)6-14/h3-5,7H,6,14H2,1-2H3. The van der Waals surface area contributed by atoms with Gasteiger partial charge in [-0.25, -0.2) is 4.39 Å². The Kier molecular flexibility index (Phi) is 2.76. The Morgan fingerprint density at radius 3 is 2.73 bits per heavy atom. The van der Waals surface area contributed by atoms with Gasteiger partial charge in [0.25, 0.3) is 0 Å². The van der Waals surface area contributed by atoms with Gasteiger partial charge >= 0.3 is 0 Å². The minimum atomic E-state index is -0.175. The van der Waals surface area contributed by atoms with E-state index in [2.05, 4.69) is 13.8 Å². The highest BCUT2D eigenvalue weighted by Gasteiger charge is 2.14. The number of nitrogens with two attached hydrogens (primary N) is 1. The average molecular weight is 223 g/mol. The van der Waals surface area contributed by atoms with E-state index in [0.29, 0.717) is 12.5 Å². The summed E-state index contributed by atoms with van der Waals surface area (Å²) in [6, 6.07) is 4.95. The summed E-state index contributed by atoms with van der Waals surface area (Å²) in [5, 5.41) is 1.02. The summed E-state index contributed by atoms with van der Waals surface area (Å²) in [7, 11) is 0. The fourth-order valence-corrected chi connectivity index (χ4v) is 3.14. The van der Waals surface area contributed by atoms with E-state index in [4.69, 9.17) is 5.73 Å². The van der Waals surface area contributed by atoms with Crippen LogP contribution in [-0.2, 0) is 6.54 Å². The van der Waals surface area contributed by atoms with Crippen molar-refractivity contribution < 1.29 is 4.39 Å². The van der Waals surface area contributed by atoms with Crippen molar-refractivity contribution >= 4 is 21.4 Å². The van der Waals surface area contributed by atoms with Crippen LogP contribution in [0.5, 0.6) is 0 Å². The number of rotatable bonds is 2. The van der Waals surface area contributed by atoms with Gasteiger partial charge in [-0.2, -0.15) is 0 Å². The van der Waals surface area contributed by atoms with Crippen molar-refractivity contribution in [1.29, 1.82) is 0 Å². The molecule has 1 nitrogen and oxygen atoms in total. The number of hydrogen-bond acceptors (Lipinski definition) is 2. The fourth-order valence-electron chi connectivity index (χ4n) is 1.92. The monoisotopic (exact) mass is 223 g/mol. The fraction of sp³-hybridized carbons (Fsp3) is 0.333. The molecule has 0 radical (unpaired) electrons. The zero-order valence-electron chi connectivity index (χ0n) is 8.88. The third kappa shape index (κ3) is 1.77. The summed E-state index contributed by atoms with van der Waals surface area (Å²) >= 11 is 1.67. The number of benzene rings is 1. The second-order valence-corrected chi connectivity index (χ2v) is 5.07. The molecule has 1 aromatic heterocycles. The minimum Gasteiger partial charge on any atom is -0.326 e. The lowest BCUT2D eigenvalue weighted by Gasteiger charge is -2.06. The normalized spacial score (nSPS) is 11.5. The van der Waals surface area contributed by atoms with Gasteiger partial charge in [0.2, 0.25) is 0 Å². The summed E-state index contributed by atoms with van der Waals surface area (Å²) < 4.78 is 14.3. The molecule has 0 unspecified atom stereocenters. The Bertz CT molecular complexity index is 488. The Morgan fingerprint density at radius 2 is 2.13 bits per heavy atom. The summed E-state index contributed by atoms with van der Waals surface area (Å²) in [5.74, 6) is 0.213. The minimum absolute atomic E-state index is 0.175. The van der Waals surface area contributed by atoms with Crippen molar-refractivity contribution in [2.24, 2.45) is 5.73 Å². The third-order valence-corrected chi connectivity index (χ3v) is 3.74. The molecule has 0 bridgehead atoms. The van der Waals surface area contributed by atoms with E-state index in [9.17, 15) is 4.39 Å². The van der Waals surface area contributed by atoms with E-state index in [-0.39, 0.29) is 5.82 Å². The van der Waals surface area contributed by atoms with Crippen LogP contribution in [0.4, 0.5) is 4.39 Å². The first-order valence-electron chi connectivity index (χ1n) is 5.04. The lowest BCUT2D eigenvalue weighted by molar-refractivity contribution is 0.629. The van der Waals surface area contributed by atoms with E-state index < -0.39 is 0 Å². The molecular weight excluding hydrogens is 209 g/mol. The van der Waals surface area contributed by atoms with Crippen LogP contribution in [0.2, 0.25) is 0 Å². The van der Waals surface area contributed by atoms with Gasteiger partial charge in [-0.15, -0.1) is 11.3 Å². The molecule has 2 aromatic rings. The van der Waals surface area contributed by atoms with Gasteiger partial charge < -0.3 is 5.73 Å². The molecule has 0 aliphatic heterocycles. The molecule has 1 heterocycles. The van der Waals surface area contributed by atoms with Crippen molar-refractivity contribution in [3.8, 4) is 0 Å². The van der Waals surface area contributed by atoms with E-state index >= 15 is 0 Å². The molecule has 0 saturated carbocycles. The number of fused-ring (bicyclic) bond motifs is 1. The van der Waals surface area contributed by atoms with Gasteiger partial charge in [-0.1, -0.05) is 13.8 Å². The number of hydrogen-bond donors (Lipinski definition) is 1. The molecule has 3 heteroatoms. The summed E-state index contributed by atoms with van der Waals surface area (Å²) in [4.78, 5) is 1.17. The van der Waals surface area contributed by atoms with Crippen molar-refractivity contribution in [1.82, 2.24) is 0 Å². The quantitative estimate of drug-likeness (QED) is 0.826. The van der Waals surface area contributed by atoms with E-state index in [0.717, 1.165) is 10.1 Å². The van der Waals surface area contributed by atoms with Crippen molar-refractivity contribution in [3.63, 3.8) is 0 Å². The van der Waals surface area contributed by atoms with Crippen LogP contribution in [0, 0.1) is 5.82 Å². The zero-order chi connectivity index (χ0) is 11.0. The van der Waals surface area contributed by atoms with Crippen molar-refractivity contribution in [3.05, 3.63) is 34.5 Å². The predicted molar refractivity (Wildman–Crippen MR) is 63.8 cm³/mol. The van der Waals surface area contributed by atoms with E-state index in [1.54, 1.807) is 17.4 Å². The van der Waals surface area contributed by atoms with Crippen molar-refractivity contribution in [2.75, 3.05) is 0 Å². The smallest absolute Gasteiger partial charge is 0.123 e. The van der Waals surface area contributed by atoms with Crippen LogP contribution in [0.3, 0.4) is 0 Å². The van der Waals surface area contributed by atoms with Crippen LogP contribution >= 0.6 is 11.3 Å². The van der Waals surface area contributed by atoms with Crippen LogP contribution in [0.25, 0.3) is 10.1 Å². The highest BCUT2D eigenvalue weighted by molar-refractivity contribution is 7.19. The van der Waals surface area contributed by atoms with Gasteiger partial charge in [0.1, 0.15) is 5.82 Å². The van der Waals surface area contributed by atoms with Crippen molar-refractivity contribution in [2.45, 2.75) is 26.3 Å². The van der Waals surface area contributed by atoms with Gasteiger partial charge in [-0.3, -0.25) is 0 Å². The lowest BCUT2D eigenvalue weighted by Crippen LogP contribution is -1.98. The third-order valence-electron chi connectivity index (χ3n) is 2.53. The SMILES string of the molecule is CC(C)c1c(CN)sc2ccc(F)cc12. The number of thiophene rings is 1. The molecule has 2 N–H and O–H groups in total. The molecule has 0 atom stereocenters. The van der Waals surface area contributed by atoms with Crippen LogP contribution in [0.1, 0.15) is 30.2 Å². The Balaban J connectivity index is 2.76. The molecule has 1 aromatic carbocycles. The topological polar surface area (TPSA) is 26.0 Å². The van der Waals surface area contributed by atoms with E-state index in [1.165, 1.54) is 16.5 Å². The molecule has 80 valence electrons. The molecule has 2 rings (SSSR count). The largest absolute Gasteiger partial charge is 0.326 e. The first kappa shape index (κ1) is 10.6. The zero-order valence-corrected chi connectivity index (χ0v) is 9.70. The molecule has 0 spiro atoms. The molecule has 0 aliphatic rings. The molecule has 15 heavy (non-hydrogen) atoms. The highest BCUT2D eigenvalue weighted by Crippen LogP contribution is 2.36. The first-order valence-corrected chi connectivity index (χ1v) is 5.86. The number of halogens is 1. The Labute approximate surface area is 92.7 Å². The van der Waals surface area contributed by atoms with Gasteiger partial charge in [0.15, 0.2) is 0 Å². The predicted octanol–water partition coefficient (Wildman–Crippen LogP) is 3.62. The lowest BCUT2D eigenvalue weighted by atomic mass is 9.99. The van der Waals surface area contributed by atoms with Crippen LogP contribution in [-0.4, -0.2) is 0 Å². The average Bonchev–Trinajstić information content (AvgIpc) is 2.55. The maximum Gasteiger partial charge on any atom is 0.123 e. The molecule has 0 saturated heterocycles. The second kappa shape index (κ2) is 3.91. The maximum absolute atomic E-state index is 13.2. The molecule has 0 fully saturated rings.